The number of allylic oxidation sites excluding steroid dienone is 1. The highest BCUT2D eigenvalue weighted by Crippen LogP contribution is 2.56. The van der Waals surface area contributed by atoms with E-state index in [1.165, 1.54) is 35.3 Å². The van der Waals surface area contributed by atoms with Crippen molar-refractivity contribution in [1.82, 2.24) is 9.88 Å². The number of morpholine rings is 1. The number of aromatic nitrogens is 1. The second-order valence-corrected chi connectivity index (χ2v) is 9.88. The number of rotatable bonds is 4. The van der Waals surface area contributed by atoms with Gasteiger partial charge in [0.2, 0.25) is 0 Å². The number of fused-ring (bicyclic) bond motifs is 1. The van der Waals surface area contributed by atoms with E-state index < -0.39 is 0 Å². The Kier molecular flexibility index (Phi) is 4.07. The van der Waals surface area contributed by atoms with E-state index in [2.05, 4.69) is 28.6 Å². The number of nitrogens with one attached hydrogen (secondary N) is 1. The van der Waals surface area contributed by atoms with Gasteiger partial charge in [0.15, 0.2) is 0 Å². The Morgan fingerprint density at radius 2 is 1.96 bits per heavy atom. The van der Waals surface area contributed by atoms with Crippen LogP contribution in [0.15, 0.2) is 12.3 Å². The predicted octanol–water partition coefficient (Wildman–Crippen LogP) is 2.83. The van der Waals surface area contributed by atoms with Crippen LogP contribution in [0, 0.1) is 17.8 Å². The number of ether oxygens (including phenoxy) is 1. The zero-order chi connectivity index (χ0) is 18.7. The van der Waals surface area contributed by atoms with Crippen molar-refractivity contribution < 1.29 is 9.84 Å². The molecule has 1 saturated heterocycles. The molecule has 0 spiro atoms. The fraction of sp³-hybridized carbons (Fsp3) is 0.696. The molecule has 2 atom stereocenters. The second kappa shape index (κ2) is 6.54. The summed E-state index contributed by atoms with van der Waals surface area (Å²) in [5.74, 6) is 1.97. The summed E-state index contributed by atoms with van der Waals surface area (Å²) in [6.07, 6.45) is 13.1. The fourth-order valence-corrected chi connectivity index (χ4v) is 6.91. The van der Waals surface area contributed by atoms with Crippen molar-refractivity contribution in [1.29, 1.82) is 0 Å². The van der Waals surface area contributed by atoms with E-state index in [9.17, 15) is 5.11 Å². The molecule has 6 aliphatic rings. The van der Waals surface area contributed by atoms with Crippen molar-refractivity contribution in [3.8, 4) is 0 Å². The third kappa shape index (κ3) is 2.90. The van der Waals surface area contributed by atoms with Crippen LogP contribution < -0.4 is 5.32 Å². The fourth-order valence-electron chi connectivity index (χ4n) is 6.91. The smallest absolute Gasteiger partial charge is 0.0657 e. The van der Waals surface area contributed by atoms with E-state index in [0.717, 1.165) is 64.4 Å². The molecule has 5 fully saturated rings. The molecule has 2 unspecified atom stereocenters. The molecule has 5 aliphatic carbocycles. The lowest BCUT2D eigenvalue weighted by atomic mass is 9.52. The summed E-state index contributed by atoms with van der Waals surface area (Å²) < 4.78 is 5.53. The van der Waals surface area contributed by atoms with Gasteiger partial charge >= 0.3 is 0 Å². The van der Waals surface area contributed by atoms with Gasteiger partial charge in [-0.3, -0.25) is 9.88 Å². The molecule has 7 rings (SSSR count). The lowest BCUT2D eigenvalue weighted by Gasteiger charge is -2.58. The standard InChI is InChI=1S/C23H31N3O2/c27-23-10-15-8-16(11-23)21(17(9-15)12-23)25-22-18(14-26-4-6-28-7-5-26)13-24-20-3-1-2-19(20)22/h1-2,13,15-17,21,27H,3-12,14H2,(H,24,25). The van der Waals surface area contributed by atoms with Crippen molar-refractivity contribution in [2.45, 2.75) is 56.7 Å². The average molecular weight is 382 g/mol. The van der Waals surface area contributed by atoms with E-state index >= 15 is 0 Å². The lowest BCUT2D eigenvalue weighted by Crippen LogP contribution is -2.59. The Hall–Kier alpha value is -1.43. The van der Waals surface area contributed by atoms with Crippen LogP contribution in [0.1, 0.15) is 48.9 Å². The molecule has 4 saturated carbocycles. The molecule has 2 heterocycles. The first-order chi connectivity index (χ1) is 13.7. The highest BCUT2D eigenvalue weighted by atomic mass is 16.5. The predicted molar refractivity (Wildman–Crippen MR) is 109 cm³/mol. The number of anilines is 1. The molecule has 5 nitrogen and oxygen atoms in total. The van der Waals surface area contributed by atoms with Crippen molar-refractivity contribution >= 4 is 11.8 Å². The normalized spacial score (nSPS) is 38.8. The highest BCUT2D eigenvalue weighted by molar-refractivity contribution is 5.74. The number of aliphatic hydroxyl groups is 1. The number of hydrogen-bond donors (Lipinski definition) is 2. The zero-order valence-electron chi connectivity index (χ0n) is 16.6. The summed E-state index contributed by atoms with van der Waals surface area (Å²) in [7, 11) is 0. The highest BCUT2D eigenvalue weighted by Gasteiger charge is 2.54. The molecular weight excluding hydrogens is 350 g/mol. The zero-order valence-corrected chi connectivity index (χ0v) is 16.6. The molecule has 1 aliphatic heterocycles. The molecule has 150 valence electrons. The van der Waals surface area contributed by atoms with Crippen molar-refractivity contribution in [3.05, 3.63) is 29.1 Å². The summed E-state index contributed by atoms with van der Waals surface area (Å²) in [5, 5.41) is 15.0. The Bertz CT molecular complexity index is 785. The Morgan fingerprint density at radius 1 is 1.18 bits per heavy atom. The summed E-state index contributed by atoms with van der Waals surface area (Å²) >= 11 is 0. The molecule has 28 heavy (non-hydrogen) atoms. The van der Waals surface area contributed by atoms with Gasteiger partial charge in [-0.1, -0.05) is 12.2 Å². The molecule has 0 aromatic carbocycles. The van der Waals surface area contributed by atoms with Crippen molar-refractivity contribution in [2.24, 2.45) is 17.8 Å². The lowest BCUT2D eigenvalue weighted by molar-refractivity contribution is -0.129. The molecule has 5 heteroatoms. The Balaban J connectivity index is 1.30. The molecular formula is C23H31N3O2. The van der Waals surface area contributed by atoms with Gasteiger partial charge in [0.05, 0.1) is 24.5 Å². The first-order valence-electron chi connectivity index (χ1n) is 11.1. The number of pyridine rings is 1. The summed E-state index contributed by atoms with van der Waals surface area (Å²) in [4.78, 5) is 7.26. The van der Waals surface area contributed by atoms with Crippen molar-refractivity contribution in [2.75, 3.05) is 31.6 Å². The van der Waals surface area contributed by atoms with Gasteiger partial charge in [-0.05, 0) is 49.9 Å². The van der Waals surface area contributed by atoms with Crippen LogP contribution >= 0.6 is 0 Å². The van der Waals surface area contributed by atoms with Gasteiger partial charge < -0.3 is 15.2 Å². The minimum atomic E-state index is -0.370. The van der Waals surface area contributed by atoms with Gasteiger partial charge in [0.1, 0.15) is 0 Å². The maximum Gasteiger partial charge on any atom is 0.0657 e. The third-order valence-corrected chi connectivity index (χ3v) is 7.92. The minimum absolute atomic E-state index is 0.370. The second-order valence-electron chi connectivity index (χ2n) is 9.88. The molecule has 1 aromatic rings. The SMILES string of the molecule is OC12CC3CC(C1)C(Nc1c(CN4CCOCC4)cnc4c1C=CC4)C(C3)C2. The van der Waals surface area contributed by atoms with Crippen LogP contribution in [-0.4, -0.2) is 52.9 Å². The van der Waals surface area contributed by atoms with Gasteiger partial charge in [-0.2, -0.15) is 0 Å². The van der Waals surface area contributed by atoms with E-state index in [-0.39, 0.29) is 5.60 Å². The summed E-state index contributed by atoms with van der Waals surface area (Å²) in [5.41, 5.74) is 4.77. The van der Waals surface area contributed by atoms with E-state index in [1.54, 1.807) is 0 Å². The molecule has 0 amide bonds. The van der Waals surface area contributed by atoms with Gasteiger partial charge in [0, 0.05) is 55.1 Å². The summed E-state index contributed by atoms with van der Waals surface area (Å²) in [6.45, 7) is 4.58. The Morgan fingerprint density at radius 3 is 2.71 bits per heavy atom. The first-order valence-corrected chi connectivity index (χ1v) is 11.1. The largest absolute Gasteiger partial charge is 0.390 e. The molecule has 2 N–H and O–H groups in total. The van der Waals surface area contributed by atoms with Crippen LogP contribution in [0.2, 0.25) is 0 Å². The van der Waals surface area contributed by atoms with Gasteiger partial charge in [-0.25, -0.2) is 0 Å². The van der Waals surface area contributed by atoms with Crippen LogP contribution in [0.4, 0.5) is 5.69 Å². The number of hydrogen-bond acceptors (Lipinski definition) is 5. The quantitative estimate of drug-likeness (QED) is 0.840. The monoisotopic (exact) mass is 381 g/mol. The first kappa shape index (κ1) is 17.4. The van der Waals surface area contributed by atoms with Crippen LogP contribution in [0.5, 0.6) is 0 Å². The van der Waals surface area contributed by atoms with Crippen LogP contribution in [0.3, 0.4) is 0 Å². The minimum Gasteiger partial charge on any atom is -0.390 e. The van der Waals surface area contributed by atoms with E-state index in [0.29, 0.717) is 17.9 Å². The molecule has 0 radical (unpaired) electrons. The molecule has 1 aromatic heterocycles. The molecule has 4 bridgehead atoms. The third-order valence-electron chi connectivity index (χ3n) is 7.92. The van der Waals surface area contributed by atoms with Gasteiger partial charge in [0.25, 0.3) is 0 Å². The van der Waals surface area contributed by atoms with Crippen molar-refractivity contribution in [3.63, 3.8) is 0 Å². The van der Waals surface area contributed by atoms with Crippen LogP contribution in [0.25, 0.3) is 6.08 Å². The van der Waals surface area contributed by atoms with E-state index in [1.807, 2.05) is 0 Å². The average Bonchev–Trinajstić information content (AvgIpc) is 3.14. The maximum absolute atomic E-state index is 10.9. The number of nitrogens with zero attached hydrogens (tertiary/aromatic N) is 2. The van der Waals surface area contributed by atoms with Gasteiger partial charge in [-0.15, -0.1) is 0 Å². The topological polar surface area (TPSA) is 57.6 Å². The maximum atomic E-state index is 10.9. The summed E-state index contributed by atoms with van der Waals surface area (Å²) in [6, 6.07) is 0.501. The Labute approximate surface area is 167 Å². The van der Waals surface area contributed by atoms with E-state index in [4.69, 9.17) is 9.72 Å². The van der Waals surface area contributed by atoms with Crippen LogP contribution in [-0.2, 0) is 17.7 Å².